The van der Waals surface area contributed by atoms with Crippen LogP contribution in [-0.4, -0.2) is 54.9 Å². The molecule has 8 nitrogen and oxygen atoms in total. The van der Waals surface area contributed by atoms with Crippen molar-refractivity contribution in [1.29, 1.82) is 0 Å². The number of alkyl halides is 4. The van der Waals surface area contributed by atoms with Crippen LogP contribution >= 0.6 is 11.6 Å². The number of carbonyl (C=O) groups is 2. The molecule has 212 valence electrons. The van der Waals surface area contributed by atoms with Crippen molar-refractivity contribution < 1.29 is 41.0 Å². The van der Waals surface area contributed by atoms with Gasteiger partial charge in [-0.3, -0.25) is 0 Å². The summed E-state index contributed by atoms with van der Waals surface area (Å²) in [5.74, 6) is -5.89. The fourth-order valence-electron chi connectivity index (χ4n) is 4.21. The third-order valence-electron chi connectivity index (χ3n) is 5.77. The summed E-state index contributed by atoms with van der Waals surface area (Å²) in [5.41, 5.74) is -3.82. The summed E-state index contributed by atoms with van der Waals surface area (Å²) in [6.07, 6.45) is -2.40. The predicted molar refractivity (Wildman–Crippen MR) is 131 cm³/mol. The maximum atomic E-state index is 15.4. The van der Waals surface area contributed by atoms with E-state index in [2.05, 4.69) is 20.6 Å². The Morgan fingerprint density at radius 2 is 1.87 bits per heavy atom. The molecule has 0 fully saturated rings. The number of carbonyl (C=O) groups excluding carboxylic acids is 2. The lowest BCUT2D eigenvalue weighted by Gasteiger charge is -2.33. The molecule has 3 rings (SSSR count). The standard InChI is InChI=1S/C25H26ClF5N4O4/c1-12(2)39-24(37)20-17(10-32-7-6-13-9-33-11-34-13)35-16(8-27)19(23(36)38-3)21(20)18-15(28)5-4-14(26)22(18)25(29,30)31/h4-5,9,11-12,21,32,35H,6-8,10H2,1-3H3,(H,33,34). The number of H-pyrrole nitrogens is 1. The van der Waals surface area contributed by atoms with Crippen molar-refractivity contribution in [2.75, 3.05) is 26.9 Å². The fraction of sp³-hybridized carbons (Fsp3) is 0.400. The smallest absolute Gasteiger partial charge is 0.418 e. The Labute approximate surface area is 225 Å². The molecule has 0 bridgehead atoms. The van der Waals surface area contributed by atoms with Crippen LogP contribution in [0.5, 0.6) is 0 Å². The third-order valence-corrected chi connectivity index (χ3v) is 6.09. The number of nitrogens with zero attached hydrogens (tertiary/aromatic N) is 1. The number of allylic oxidation sites excluding steroid dienone is 1. The van der Waals surface area contributed by atoms with Gasteiger partial charge in [0, 0.05) is 42.7 Å². The van der Waals surface area contributed by atoms with E-state index in [1.54, 1.807) is 6.20 Å². The van der Waals surface area contributed by atoms with Gasteiger partial charge < -0.3 is 25.1 Å². The number of esters is 2. The molecular weight excluding hydrogens is 551 g/mol. The van der Waals surface area contributed by atoms with E-state index in [0.29, 0.717) is 25.1 Å². The lowest BCUT2D eigenvalue weighted by molar-refractivity contribution is -0.144. The lowest BCUT2D eigenvalue weighted by atomic mass is 9.77. The Kier molecular flexibility index (Phi) is 9.73. The number of rotatable bonds is 10. The minimum Gasteiger partial charge on any atom is -0.466 e. The number of dihydropyridines is 1. The zero-order valence-corrected chi connectivity index (χ0v) is 21.9. The molecule has 0 spiro atoms. The van der Waals surface area contributed by atoms with E-state index >= 15 is 4.39 Å². The molecule has 0 saturated heterocycles. The minimum atomic E-state index is -5.20. The molecule has 39 heavy (non-hydrogen) atoms. The molecule has 2 aromatic rings. The number of imidazole rings is 1. The van der Waals surface area contributed by atoms with Gasteiger partial charge in [0.2, 0.25) is 0 Å². The molecule has 0 saturated carbocycles. The van der Waals surface area contributed by atoms with Crippen LogP contribution in [0.15, 0.2) is 47.2 Å². The molecule has 0 radical (unpaired) electrons. The average molecular weight is 577 g/mol. The first-order chi connectivity index (χ1) is 18.4. The van der Waals surface area contributed by atoms with Gasteiger partial charge >= 0.3 is 18.1 Å². The quantitative estimate of drug-likeness (QED) is 0.219. The zero-order valence-electron chi connectivity index (χ0n) is 21.1. The second-order valence-electron chi connectivity index (χ2n) is 8.74. The number of hydrogen-bond acceptors (Lipinski definition) is 7. The summed E-state index contributed by atoms with van der Waals surface area (Å²) < 4.78 is 82.3. The van der Waals surface area contributed by atoms with Gasteiger partial charge in [-0.15, -0.1) is 0 Å². The zero-order chi connectivity index (χ0) is 28.9. The Balaban J connectivity index is 2.25. The summed E-state index contributed by atoms with van der Waals surface area (Å²) in [6.45, 7) is 1.74. The van der Waals surface area contributed by atoms with Gasteiger partial charge in [-0.1, -0.05) is 11.6 Å². The van der Waals surface area contributed by atoms with Gasteiger partial charge in [-0.2, -0.15) is 13.2 Å². The van der Waals surface area contributed by atoms with Gasteiger partial charge in [-0.05, 0) is 26.0 Å². The highest BCUT2D eigenvalue weighted by Crippen LogP contribution is 2.48. The van der Waals surface area contributed by atoms with E-state index in [9.17, 15) is 27.2 Å². The Morgan fingerprint density at radius 1 is 1.18 bits per heavy atom. The molecule has 1 aromatic heterocycles. The predicted octanol–water partition coefficient (Wildman–Crippen LogP) is 4.34. The van der Waals surface area contributed by atoms with Gasteiger partial charge in [-0.25, -0.2) is 23.4 Å². The number of aromatic nitrogens is 2. The molecular formula is C25H26ClF5N4O4. The average Bonchev–Trinajstić information content (AvgIpc) is 3.38. The van der Waals surface area contributed by atoms with Crippen molar-refractivity contribution in [3.05, 3.63) is 74.9 Å². The first kappa shape index (κ1) is 30.1. The van der Waals surface area contributed by atoms with E-state index in [0.717, 1.165) is 12.8 Å². The van der Waals surface area contributed by atoms with E-state index < -0.39 is 75.6 Å². The summed E-state index contributed by atoms with van der Waals surface area (Å²) in [7, 11) is 0.920. The second-order valence-corrected chi connectivity index (χ2v) is 9.15. The molecule has 1 aromatic carbocycles. The summed E-state index contributed by atoms with van der Waals surface area (Å²) >= 11 is 5.87. The van der Waals surface area contributed by atoms with Crippen LogP contribution in [0.4, 0.5) is 22.0 Å². The molecule has 3 N–H and O–H groups in total. The van der Waals surface area contributed by atoms with Crippen molar-refractivity contribution in [1.82, 2.24) is 20.6 Å². The number of nitrogens with one attached hydrogen (secondary N) is 3. The van der Waals surface area contributed by atoms with Crippen LogP contribution in [0.1, 0.15) is 36.6 Å². The highest BCUT2D eigenvalue weighted by atomic mass is 35.5. The Hall–Kier alpha value is -3.45. The first-order valence-electron chi connectivity index (χ1n) is 11.7. The van der Waals surface area contributed by atoms with Crippen molar-refractivity contribution in [2.45, 2.75) is 38.5 Å². The van der Waals surface area contributed by atoms with Gasteiger partial charge in [0.15, 0.2) is 0 Å². The summed E-state index contributed by atoms with van der Waals surface area (Å²) in [4.78, 5) is 33.0. The van der Waals surface area contributed by atoms with Crippen molar-refractivity contribution >= 4 is 23.5 Å². The van der Waals surface area contributed by atoms with E-state index in [-0.39, 0.29) is 12.2 Å². The Bertz CT molecular complexity index is 1280. The van der Waals surface area contributed by atoms with Gasteiger partial charge in [0.05, 0.1) is 52.9 Å². The maximum Gasteiger partial charge on any atom is 0.418 e. The van der Waals surface area contributed by atoms with E-state index in [1.165, 1.54) is 20.2 Å². The molecule has 14 heteroatoms. The number of hydrogen-bond donors (Lipinski definition) is 3. The molecule has 1 unspecified atom stereocenters. The van der Waals surface area contributed by atoms with Crippen LogP contribution in [-0.2, 0) is 31.7 Å². The molecule has 1 atom stereocenters. The van der Waals surface area contributed by atoms with Crippen molar-refractivity contribution in [2.24, 2.45) is 0 Å². The maximum absolute atomic E-state index is 15.4. The van der Waals surface area contributed by atoms with Gasteiger partial charge in [0.1, 0.15) is 12.5 Å². The van der Waals surface area contributed by atoms with Crippen molar-refractivity contribution in [3.8, 4) is 0 Å². The molecule has 1 aliphatic rings. The van der Waals surface area contributed by atoms with E-state index in [4.69, 9.17) is 21.1 Å². The minimum absolute atomic E-state index is 0.108. The third kappa shape index (κ3) is 6.77. The normalized spacial score (nSPS) is 16.0. The van der Waals surface area contributed by atoms with Gasteiger partial charge in [0.25, 0.3) is 0 Å². The SMILES string of the molecule is COC(=O)C1=C(CF)NC(CNCCc2cnc[nH]2)=C(C(=O)OC(C)C)C1c1c(F)ccc(Cl)c1C(F)(F)F. The topological polar surface area (TPSA) is 105 Å². The highest BCUT2D eigenvalue weighted by Gasteiger charge is 2.47. The van der Waals surface area contributed by atoms with Crippen LogP contribution in [0.25, 0.3) is 0 Å². The largest absolute Gasteiger partial charge is 0.466 e. The monoisotopic (exact) mass is 576 g/mol. The molecule has 0 amide bonds. The number of benzene rings is 1. The summed E-state index contributed by atoms with van der Waals surface area (Å²) in [6, 6.07) is 1.38. The van der Waals surface area contributed by atoms with Crippen LogP contribution in [0.3, 0.4) is 0 Å². The second kappa shape index (κ2) is 12.6. The number of halogens is 6. The number of aromatic amines is 1. The number of ether oxygens (including phenoxy) is 2. The first-order valence-corrected chi connectivity index (χ1v) is 12.1. The summed E-state index contributed by atoms with van der Waals surface area (Å²) in [5, 5.41) is 4.74. The van der Waals surface area contributed by atoms with E-state index in [1.807, 2.05) is 0 Å². The highest BCUT2D eigenvalue weighted by molar-refractivity contribution is 6.31. The Morgan fingerprint density at radius 3 is 2.44 bits per heavy atom. The molecule has 1 aliphatic heterocycles. The van der Waals surface area contributed by atoms with Crippen molar-refractivity contribution in [3.63, 3.8) is 0 Å². The fourth-order valence-corrected chi connectivity index (χ4v) is 4.48. The molecule has 2 heterocycles. The van der Waals surface area contributed by atoms with Crippen LogP contribution in [0.2, 0.25) is 5.02 Å². The lowest BCUT2D eigenvalue weighted by Crippen LogP contribution is -2.39. The molecule has 0 aliphatic carbocycles. The number of methoxy groups -OCH3 is 1. The van der Waals surface area contributed by atoms with Crippen LogP contribution < -0.4 is 10.6 Å². The van der Waals surface area contributed by atoms with Crippen LogP contribution in [0, 0.1) is 5.82 Å².